The zero-order valence-electron chi connectivity index (χ0n) is 15.8. The van der Waals surface area contributed by atoms with Gasteiger partial charge in [0.1, 0.15) is 0 Å². The van der Waals surface area contributed by atoms with Gasteiger partial charge in [-0.2, -0.15) is 0 Å². The Labute approximate surface area is 164 Å². The highest BCUT2D eigenvalue weighted by atomic mass is 32.1. The van der Waals surface area contributed by atoms with Gasteiger partial charge in [-0.1, -0.05) is 18.2 Å². The van der Waals surface area contributed by atoms with Gasteiger partial charge >= 0.3 is 5.97 Å². The smallest absolute Gasteiger partial charge is 0.305 e. The summed E-state index contributed by atoms with van der Waals surface area (Å²) in [6.07, 6.45) is 6.71. The summed E-state index contributed by atoms with van der Waals surface area (Å²) in [5.74, 6) is -0.126. The van der Waals surface area contributed by atoms with Crippen molar-refractivity contribution < 1.29 is 23.8 Å². The summed E-state index contributed by atoms with van der Waals surface area (Å²) in [6, 6.07) is 3.62. The Morgan fingerprint density at radius 3 is 3.00 bits per heavy atom. The zero-order valence-corrected chi connectivity index (χ0v) is 16.6. The molecule has 2 heterocycles. The van der Waals surface area contributed by atoms with Crippen LogP contribution >= 0.6 is 11.3 Å². The molecule has 0 bridgehead atoms. The number of ether oxygens (including phenoxy) is 3. The van der Waals surface area contributed by atoms with Crippen molar-refractivity contribution in [2.75, 3.05) is 20.3 Å². The quantitative estimate of drug-likeness (QED) is 0.274. The summed E-state index contributed by atoms with van der Waals surface area (Å²) >= 11 is 1.40. The van der Waals surface area contributed by atoms with E-state index in [0.29, 0.717) is 24.4 Å². The second-order valence-electron chi connectivity index (χ2n) is 6.32. The minimum absolute atomic E-state index is 0.0582. The van der Waals surface area contributed by atoms with E-state index in [0.717, 1.165) is 19.3 Å². The van der Waals surface area contributed by atoms with Crippen LogP contribution in [0.2, 0.25) is 0 Å². The predicted molar refractivity (Wildman–Crippen MR) is 103 cm³/mol. The number of methoxy groups -OCH3 is 1. The van der Waals surface area contributed by atoms with Crippen LogP contribution in [0.1, 0.15) is 42.3 Å². The van der Waals surface area contributed by atoms with Crippen molar-refractivity contribution in [1.29, 1.82) is 0 Å². The Hall–Kier alpha value is -1.74. The Balaban J connectivity index is 1.71. The molecular formula is C19H28N2O5S. The Kier molecular flexibility index (Phi) is 9.47. The minimum Gasteiger partial charge on any atom is -0.469 e. The average Bonchev–Trinajstić information content (AvgIpc) is 3.20. The van der Waals surface area contributed by atoms with E-state index in [9.17, 15) is 9.59 Å². The predicted octanol–water partition coefficient (Wildman–Crippen LogP) is 2.65. The third kappa shape index (κ3) is 7.80. The van der Waals surface area contributed by atoms with E-state index in [2.05, 4.69) is 27.7 Å². The fourth-order valence-corrected chi connectivity index (χ4v) is 3.37. The number of amides is 1. The highest BCUT2D eigenvalue weighted by molar-refractivity contribution is 7.12. The number of hydrogen-bond donors (Lipinski definition) is 2. The van der Waals surface area contributed by atoms with Crippen LogP contribution in [-0.2, 0) is 19.0 Å². The molecule has 3 unspecified atom stereocenters. The van der Waals surface area contributed by atoms with Crippen LogP contribution in [0.4, 0.5) is 0 Å². The van der Waals surface area contributed by atoms with E-state index in [1.54, 1.807) is 6.07 Å². The number of esters is 1. The fourth-order valence-electron chi connectivity index (χ4n) is 2.75. The van der Waals surface area contributed by atoms with E-state index >= 15 is 0 Å². The van der Waals surface area contributed by atoms with Crippen molar-refractivity contribution in [3.8, 4) is 0 Å². The molecule has 8 heteroatoms. The topological polar surface area (TPSA) is 85.9 Å². The van der Waals surface area contributed by atoms with Crippen LogP contribution < -0.4 is 10.9 Å². The summed E-state index contributed by atoms with van der Waals surface area (Å²) in [4.78, 5) is 23.7. The van der Waals surface area contributed by atoms with Gasteiger partial charge in [0, 0.05) is 18.9 Å². The van der Waals surface area contributed by atoms with Crippen molar-refractivity contribution in [2.45, 2.75) is 45.0 Å². The number of allylic oxidation sites excluding steroid dienone is 2. The number of hydrazine groups is 1. The van der Waals surface area contributed by atoms with Crippen LogP contribution in [0.5, 0.6) is 0 Å². The van der Waals surface area contributed by atoms with Crippen molar-refractivity contribution in [3.05, 3.63) is 34.5 Å². The summed E-state index contributed by atoms with van der Waals surface area (Å²) in [7, 11) is 1.40. The molecule has 1 aliphatic rings. The van der Waals surface area contributed by atoms with Crippen LogP contribution in [0, 0.1) is 5.92 Å². The molecule has 2 N–H and O–H groups in total. The Morgan fingerprint density at radius 1 is 1.41 bits per heavy atom. The molecule has 1 amide bonds. The average molecular weight is 397 g/mol. The number of carbonyl (C=O) groups is 2. The first-order valence-corrected chi connectivity index (χ1v) is 10.0. The summed E-state index contributed by atoms with van der Waals surface area (Å²) < 4.78 is 16.1. The molecule has 2 rings (SSSR count). The highest BCUT2D eigenvalue weighted by Crippen LogP contribution is 2.22. The van der Waals surface area contributed by atoms with E-state index in [-0.39, 0.29) is 30.2 Å². The van der Waals surface area contributed by atoms with Gasteiger partial charge < -0.3 is 14.2 Å². The lowest BCUT2D eigenvalue weighted by Gasteiger charge is -2.35. The van der Waals surface area contributed by atoms with Gasteiger partial charge in [0.2, 0.25) is 0 Å². The van der Waals surface area contributed by atoms with Gasteiger partial charge in [-0.3, -0.25) is 15.0 Å². The van der Waals surface area contributed by atoms with E-state index < -0.39 is 0 Å². The van der Waals surface area contributed by atoms with Crippen molar-refractivity contribution in [1.82, 2.24) is 10.9 Å². The number of rotatable bonds is 10. The molecule has 150 valence electrons. The highest BCUT2D eigenvalue weighted by Gasteiger charge is 2.29. The Morgan fingerprint density at radius 2 is 2.26 bits per heavy atom. The fraction of sp³-hybridized carbons (Fsp3) is 0.579. The third-order valence-electron chi connectivity index (χ3n) is 4.27. The van der Waals surface area contributed by atoms with Gasteiger partial charge in [0.25, 0.3) is 5.91 Å². The van der Waals surface area contributed by atoms with Crippen molar-refractivity contribution in [3.63, 3.8) is 0 Å². The van der Waals surface area contributed by atoms with E-state index in [4.69, 9.17) is 9.47 Å². The summed E-state index contributed by atoms with van der Waals surface area (Å²) in [6.45, 7) is 2.99. The van der Waals surface area contributed by atoms with Crippen molar-refractivity contribution in [2.24, 2.45) is 5.92 Å². The first-order valence-electron chi connectivity index (χ1n) is 9.15. The minimum atomic E-state index is -0.259. The molecule has 27 heavy (non-hydrogen) atoms. The standard InChI is InChI=1S/C19H28N2O5S/c1-14-25-13-15(8-5-3-4-6-10-18(22)24-2)16(26-14)12-20-21-19(23)17-9-7-11-27-17/h3,5,7,9,11,14-16,20H,4,6,8,10,12-13H2,1-2H3,(H,21,23)/b5-3-. The molecule has 0 aromatic carbocycles. The third-order valence-corrected chi connectivity index (χ3v) is 5.14. The molecule has 1 fully saturated rings. The lowest BCUT2D eigenvalue weighted by molar-refractivity contribution is -0.225. The monoisotopic (exact) mass is 396 g/mol. The zero-order chi connectivity index (χ0) is 19.5. The van der Waals surface area contributed by atoms with Gasteiger partial charge in [-0.05, 0) is 37.6 Å². The summed E-state index contributed by atoms with van der Waals surface area (Å²) in [5, 5.41) is 1.87. The SMILES string of the molecule is COC(=O)CCC/C=C\CC1COC(C)OC1CNNC(=O)c1cccs1. The molecule has 0 spiro atoms. The largest absolute Gasteiger partial charge is 0.469 e. The second kappa shape index (κ2) is 11.9. The normalized spacial score (nSPS) is 22.7. The molecule has 1 aliphatic heterocycles. The van der Waals surface area contributed by atoms with Crippen LogP contribution in [0.3, 0.4) is 0 Å². The first kappa shape index (κ1) is 21.6. The Bertz CT molecular complexity index is 605. The maximum atomic E-state index is 12.0. The number of hydrogen-bond acceptors (Lipinski definition) is 7. The maximum Gasteiger partial charge on any atom is 0.305 e. The van der Waals surface area contributed by atoms with E-state index in [1.807, 2.05) is 18.4 Å². The van der Waals surface area contributed by atoms with Crippen LogP contribution in [-0.4, -0.2) is 44.5 Å². The molecule has 0 saturated carbocycles. The molecule has 1 aromatic heterocycles. The van der Waals surface area contributed by atoms with Gasteiger partial charge in [-0.25, -0.2) is 5.43 Å². The van der Waals surface area contributed by atoms with Gasteiger partial charge in [0.05, 0.1) is 24.7 Å². The number of nitrogens with one attached hydrogen (secondary N) is 2. The van der Waals surface area contributed by atoms with Gasteiger partial charge in [0.15, 0.2) is 6.29 Å². The molecule has 7 nitrogen and oxygen atoms in total. The van der Waals surface area contributed by atoms with Crippen molar-refractivity contribution >= 4 is 23.2 Å². The molecule has 0 radical (unpaired) electrons. The van der Waals surface area contributed by atoms with Crippen LogP contribution in [0.25, 0.3) is 0 Å². The lowest BCUT2D eigenvalue weighted by atomic mass is 9.97. The molecule has 3 atom stereocenters. The number of carbonyl (C=O) groups excluding carboxylic acids is 2. The van der Waals surface area contributed by atoms with E-state index in [1.165, 1.54) is 18.4 Å². The van der Waals surface area contributed by atoms with Crippen LogP contribution in [0.15, 0.2) is 29.7 Å². The maximum absolute atomic E-state index is 12.0. The first-order chi connectivity index (χ1) is 13.1. The molecular weight excluding hydrogens is 368 g/mol. The molecule has 1 saturated heterocycles. The number of thiophene rings is 1. The summed E-state index contributed by atoms with van der Waals surface area (Å²) in [5.41, 5.74) is 5.68. The number of unbranched alkanes of at least 4 members (excludes halogenated alkanes) is 1. The lowest BCUT2D eigenvalue weighted by Crippen LogP contribution is -2.48. The molecule has 1 aromatic rings. The molecule has 0 aliphatic carbocycles. The second-order valence-corrected chi connectivity index (χ2v) is 7.27. The van der Waals surface area contributed by atoms with Gasteiger partial charge in [-0.15, -0.1) is 11.3 Å².